The van der Waals surface area contributed by atoms with E-state index < -0.39 is 33.6 Å². The topological polar surface area (TPSA) is 90.1 Å². The van der Waals surface area contributed by atoms with Crippen LogP contribution in [0.25, 0.3) is 16.9 Å². The lowest BCUT2D eigenvalue weighted by Crippen LogP contribution is -2.24. The lowest BCUT2D eigenvalue weighted by Gasteiger charge is -2.17. The molecule has 4 rings (SSSR count). The Bertz CT molecular complexity index is 1570. The Labute approximate surface area is 219 Å². The van der Waals surface area contributed by atoms with Gasteiger partial charge in [0.15, 0.2) is 16.7 Å². The summed E-state index contributed by atoms with van der Waals surface area (Å²) in [4.78, 5) is 25.4. The lowest BCUT2D eigenvalue weighted by atomic mass is 10.1. The Hall–Kier alpha value is -3.47. The number of nitrogens with zero attached hydrogens (tertiary/aromatic N) is 4. The lowest BCUT2D eigenvalue weighted by molar-refractivity contribution is 0.0686. The summed E-state index contributed by atoms with van der Waals surface area (Å²) in [6, 6.07) is 7.34. The normalized spacial score (nSPS) is 11.6. The fourth-order valence-electron chi connectivity index (χ4n) is 3.44. The van der Waals surface area contributed by atoms with Crippen molar-refractivity contribution in [1.82, 2.24) is 19.5 Å². The summed E-state index contributed by atoms with van der Waals surface area (Å²) in [6.07, 6.45) is 0.940. The van der Waals surface area contributed by atoms with Gasteiger partial charge in [-0.1, -0.05) is 29.3 Å². The van der Waals surface area contributed by atoms with Gasteiger partial charge in [-0.15, -0.1) is 0 Å². The maximum atomic E-state index is 14.6. The van der Waals surface area contributed by atoms with Crippen molar-refractivity contribution in [1.29, 1.82) is 0 Å². The van der Waals surface area contributed by atoms with Gasteiger partial charge >= 0.3 is 0 Å². The number of halogens is 5. The summed E-state index contributed by atoms with van der Waals surface area (Å²) in [6.45, 7) is 4.06. The summed E-state index contributed by atoms with van der Waals surface area (Å²) in [5.41, 5.74) is -1.86. The first kappa shape index (κ1) is 26.6. The molecular weight excluding hydrogens is 532 g/mol. The second-order valence-corrected chi connectivity index (χ2v) is 9.34. The van der Waals surface area contributed by atoms with Crippen LogP contribution in [0.15, 0.2) is 47.4 Å². The van der Waals surface area contributed by atoms with Gasteiger partial charge in [-0.05, 0) is 45.0 Å². The average Bonchev–Trinajstić information content (AvgIpc) is 2.82. The van der Waals surface area contributed by atoms with E-state index in [2.05, 4.69) is 15.0 Å². The van der Waals surface area contributed by atoms with Crippen molar-refractivity contribution in [2.24, 2.45) is 0 Å². The molecule has 37 heavy (non-hydrogen) atoms. The molecule has 0 saturated heterocycles. The monoisotopic (exact) mass is 550 g/mol. The number of benzene rings is 2. The SMILES string of the molecule is Cc1nc(OCc2ccc(F)cc2F)c(Cl)c(=O)n1-c1cc(-c2nc(C(C)(C)O)ncc2F)ccc1Cl. The van der Waals surface area contributed by atoms with E-state index in [1.807, 2.05) is 0 Å². The van der Waals surface area contributed by atoms with Gasteiger partial charge in [0, 0.05) is 17.2 Å². The van der Waals surface area contributed by atoms with E-state index in [1.165, 1.54) is 45.0 Å². The molecule has 0 unspecified atom stereocenters. The van der Waals surface area contributed by atoms with Crippen molar-refractivity contribution in [3.8, 4) is 22.8 Å². The minimum atomic E-state index is -1.42. The van der Waals surface area contributed by atoms with Crippen LogP contribution in [-0.4, -0.2) is 24.6 Å². The zero-order valence-corrected chi connectivity index (χ0v) is 21.2. The summed E-state index contributed by atoms with van der Waals surface area (Å²) < 4.78 is 48.2. The summed E-state index contributed by atoms with van der Waals surface area (Å²) >= 11 is 12.6. The number of aliphatic hydroxyl groups is 1. The number of hydrogen-bond acceptors (Lipinski definition) is 6. The molecule has 1 N–H and O–H groups in total. The van der Waals surface area contributed by atoms with Gasteiger partial charge in [-0.3, -0.25) is 9.36 Å². The molecule has 2 aromatic carbocycles. The van der Waals surface area contributed by atoms with Crippen molar-refractivity contribution in [2.45, 2.75) is 33.0 Å². The van der Waals surface area contributed by atoms with E-state index in [-0.39, 0.29) is 51.7 Å². The number of aromatic nitrogens is 4. The molecular formula is C25H19Cl2F3N4O3. The van der Waals surface area contributed by atoms with E-state index in [0.717, 1.165) is 16.8 Å². The molecule has 0 fully saturated rings. The van der Waals surface area contributed by atoms with Gasteiger partial charge in [0.2, 0.25) is 5.88 Å². The molecule has 0 aliphatic rings. The Morgan fingerprint density at radius 3 is 2.46 bits per heavy atom. The summed E-state index contributed by atoms with van der Waals surface area (Å²) in [5, 5.41) is 9.94. The molecule has 0 amide bonds. The molecule has 192 valence electrons. The van der Waals surface area contributed by atoms with E-state index in [4.69, 9.17) is 27.9 Å². The van der Waals surface area contributed by atoms with Crippen molar-refractivity contribution in [3.05, 3.63) is 97.7 Å². The quantitative estimate of drug-likeness (QED) is 0.339. The molecule has 0 bridgehead atoms. The third-order valence-corrected chi connectivity index (χ3v) is 5.94. The van der Waals surface area contributed by atoms with Crippen LogP contribution < -0.4 is 10.3 Å². The predicted octanol–water partition coefficient (Wildman–Crippen LogP) is 5.53. The number of hydrogen-bond donors (Lipinski definition) is 1. The van der Waals surface area contributed by atoms with E-state index >= 15 is 0 Å². The van der Waals surface area contributed by atoms with Crippen LogP contribution in [0.3, 0.4) is 0 Å². The van der Waals surface area contributed by atoms with Crippen LogP contribution in [0.1, 0.15) is 31.1 Å². The van der Waals surface area contributed by atoms with Gasteiger partial charge in [0.05, 0.1) is 16.9 Å². The molecule has 0 saturated carbocycles. The first-order chi connectivity index (χ1) is 17.4. The molecule has 0 aliphatic carbocycles. The highest BCUT2D eigenvalue weighted by molar-refractivity contribution is 6.33. The molecule has 4 aromatic rings. The Kier molecular flexibility index (Phi) is 7.27. The molecule has 2 aromatic heterocycles. The number of rotatable bonds is 6. The maximum Gasteiger partial charge on any atom is 0.280 e. The molecule has 2 heterocycles. The Morgan fingerprint density at radius 2 is 1.78 bits per heavy atom. The van der Waals surface area contributed by atoms with Crippen LogP contribution in [0.4, 0.5) is 13.2 Å². The maximum absolute atomic E-state index is 14.6. The zero-order valence-electron chi connectivity index (χ0n) is 19.7. The number of ether oxygens (including phenoxy) is 1. The fraction of sp³-hybridized carbons (Fsp3) is 0.200. The standard InChI is InChI=1S/C25H19Cl2F3N4O3/c1-12-32-22(37-11-14-4-6-15(28)9-17(14)29)20(27)23(35)34(12)19-8-13(5-7-16(19)26)21-18(30)10-31-24(33-21)25(2,3)36/h4-10,36H,11H2,1-3H3. The largest absolute Gasteiger partial charge is 0.471 e. The van der Waals surface area contributed by atoms with Crippen molar-refractivity contribution in [2.75, 3.05) is 0 Å². The highest BCUT2D eigenvalue weighted by atomic mass is 35.5. The van der Waals surface area contributed by atoms with Crippen molar-refractivity contribution < 1.29 is 23.0 Å². The molecule has 7 nitrogen and oxygen atoms in total. The van der Waals surface area contributed by atoms with Gasteiger partial charge in [0.25, 0.3) is 5.56 Å². The molecule has 0 radical (unpaired) electrons. The van der Waals surface area contributed by atoms with Crippen LogP contribution in [0.2, 0.25) is 10.0 Å². The Morgan fingerprint density at radius 1 is 1.05 bits per heavy atom. The highest BCUT2D eigenvalue weighted by Gasteiger charge is 2.23. The van der Waals surface area contributed by atoms with Crippen molar-refractivity contribution in [3.63, 3.8) is 0 Å². The predicted molar refractivity (Wildman–Crippen MR) is 132 cm³/mol. The van der Waals surface area contributed by atoms with Crippen LogP contribution >= 0.6 is 23.2 Å². The number of aryl methyl sites for hydroxylation is 1. The minimum Gasteiger partial charge on any atom is -0.471 e. The van der Waals surface area contributed by atoms with E-state index in [1.54, 1.807) is 0 Å². The molecule has 12 heteroatoms. The van der Waals surface area contributed by atoms with Gasteiger partial charge < -0.3 is 9.84 Å². The Balaban J connectivity index is 1.75. The smallest absolute Gasteiger partial charge is 0.280 e. The van der Waals surface area contributed by atoms with Gasteiger partial charge in [-0.2, -0.15) is 4.98 Å². The molecule has 0 atom stereocenters. The highest BCUT2D eigenvalue weighted by Crippen LogP contribution is 2.30. The molecule has 0 aliphatic heterocycles. The van der Waals surface area contributed by atoms with Crippen LogP contribution in [0, 0.1) is 24.4 Å². The van der Waals surface area contributed by atoms with Crippen molar-refractivity contribution >= 4 is 23.2 Å². The summed E-state index contributed by atoms with van der Waals surface area (Å²) in [5.74, 6) is -2.46. The van der Waals surface area contributed by atoms with Gasteiger partial charge in [-0.25, -0.2) is 23.1 Å². The molecule has 0 spiro atoms. The zero-order chi connectivity index (χ0) is 27.1. The third-order valence-electron chi connectivity index (χ3n) is 5.30. The second-order valence-electron chi connectivity index (χ2n) is 8.56. The summed E-state index contributed by atoms with van der Waals surface area (Å²) in [7, 11) is 0. The van der Waals surface area contributed by atoms with Gasteiger partial charge in [0.1, 0.15) is 35.4 Å². The van der Waals surface area contributed by atoms with E-state index in [9.17, 15) is 23.1 Å². The second kappa shape index (κ2) is 10.1. The first-order valence-electron chi connectivity index (χ1n) is 10.8. The third kappa shape index (κ3) is 5.46. The first-order valence-corrected chi connectivity index (χ1v) is 11.5. The van der Waals surface area contributed by atoms with E-state index in [0.29, 0.717) is 6.07 Å². The van der Waals surface area contributed by atoms with Crippen LogP contribution in [-0.2, 0) is 12.2 Å². The van der Waals surface area contributed by atoms with Crippen LogP contribution in [0.5, 0.6) is 5.88 Å². The fourth-order valence-corrected chi connectivity index (χ4v) is 3.83. The minimum absolute atomic E-state index is 0.00227. The average molecular weight is 551 g/mol.